The lowest BCUT2D eigenvalue weighted by Gasteiger charge is -2.36. The lowest BCUT2D eigenvalue weighted by molar-refractivity contribution is -0.136. The van der Waals surface area contributed by atoms with E-state index in [0.29, 0.717) is 19.4 Å². The molecule has 3 atom stereocenters. The molecule has 2 amide bonds. The Bertz CT molecular complexity index is 662. The third kappa shape index (κ3) is 5.68. The second-order valence-electron chi connectivity index (χ2n) is 7.28. The highest BCUT2D eigenvalue weighted by Crippen LogP contribution is 2.30. The molecule has 0 unspecified atom stereocenters. The van der Waals surface area contributed by atoms with Crippen LogP contribution in [0.2, 0.25) is 0 Å². The fourth-order valence-corrected chi connectivity index (χ4v) is 3.36. The quantitative estimate of drug-likeness (QED) is 0.632. The molecule has 3 rings (SSSR count). The number of ether oxygens (including phenoxy) is 2. The molecule has 0 spiro atoms. The first kappa shape index (κ1) is 19.6. The minimum Gasteiger partial charge on any atom is -0.497 e. The molecule has 1 heterocycles. The van der Waals surface area contributed by atoms with Gasteiger partial charge in [-0.25, -0.2) is 0 Å². The van der Waals surface area contributed by atoms with E-state index in [2.05, 4.69) is 10.6 Å². The maximum Gasteiger partial charge on any atom is 0.223 e. The van der Waals surface area contributed by atoms with Crippen molar-refractivity contribution in [1.82, 2.24) is 10.6 Å². The van der Waals surface area contributed by atoms with E-state index in [1.807, 2.05) is 24.3 Å². The molecule has 27 heavy (non-hydrogen) atoms. The average molecular weight is 376 g/mol. The number of methoxy groups -OCH3 is 1. The van der Waals surface area contributed by atoms with Crippen LogP contribution in [0.3, 0.4) is 0 Å². The number of carbonyl (C=O) groups excluding carboxylic acids is 2. The maximum absolute atomic E-state index is 12.2. The lowest BCUT2D eigenvalue weighted by Crippen LogP contribution is -2.51. The van der Waals surface area contributed by atoms with Crippen LogP contribution in [0.4, 0.5) is 0 Å². The van der Waals surface area contributed by atoms with Crippen LogP contribution in [0.1, 0.15) is 37.7 Å². The van der Waals surface area contributed by atoms with Gasteiger partial charge in [0.05, 0.1) is 32.3 Å². The first-order chi connectivity index (χ1) is 13.1. The summed E-state index contributed by atoms with van der Waals surface area (Å²) in [6.45, 7) is 0.254. The number of nitrogens with one attached hydrogen (secondary N) is 2. The van der Waals surface area contributed by atoms with E-state index in [1.54, 1.807) is 7.11 Å². The van der Waals surface area contributed by atoms with E-state index in [4.69, 9.17) is 9.47 Å². The molecular weight excluding hydrogens is 348 g/mol. The summed E-state index contributed by atoms with van der Waals surface area (Å²) in [5, 5.41) is 15.5. The number of rotatable bonds is 8. The first-order valence-corrected chi connectivity index (χ1v) is 9.55. The highest BCUT2D eigenvalue weighted by atomic mass is 16.5. The Labute approximate surface area is 159 Å². The molecule has 0 bridgehead atoms. The van der Waals surface area contributed by atoms with Crippen molar-refractivity contribution in [3.63, 3.8) is 0 Å². The van der Waals surface area contributed by atoms with Crippen molar-refractivity contribution >= 4 is 11.8 Å². The molecule has 1 saturated heterocycles. The van der Waals surface area contributed by atoms with Crippen LogP contribution < -0.4 is 15.4 Å². The molecule has 1 saturated carbocycles. The van der Waals surface area contributed by atoms with Crippen LogP contribution in [0.5, 0.6) is 5.75 Å². The summed E-state index contributed by atoms with van der Waals surface area (Å²) in [6.07, 6.45) is 2.80. The molecule has 7 nitrogen and oxygen atoms in total. The second kappa shape index (κ2) is 9.19. The van der Waals surface area contributed by atoms with Gasteiger partial charge in [-0.15, -0.1) is 0 Å². The minimum absolute atomic E-state index is 0.0523. The monoisotopic (exact) mass is 376 g/mol. The van der Waals surface area contributed by atoms with Gasteiger partial charge in [-0.3, -0.25) is 9.59 Å². The number of amides is 2. The normalized spacial score (nSPS) is 24.9. The first-order valence-electron chi connectivity index (χ1n) is 9.55. The molecule has 1 aromatic carbocycles. The number of hydrogen-bond acceptors (Lipinski definition) is 5. The van der Waals surface area contributed by atoms with Crippen molar-refractivity contribution in [2.45, 2.75) is 56.9 Å². The number of aliphatic hydroxyl groups is 1. The van der Waals surface area contributed by atoms with E-state index in [9.17, 15) is 14.7 Å². The topological polar surface area (TPSA) is 96.9 Å². The van der Waals surface area contributed by atoms with Gasteiger partial charge in [0.2, 0.25) is 11.8 Å². The van der Waals surface area contributed by atoms with Crippen LogP contribution in [-0.4, -0.2) is 48.9 Å². The molecule has 0 aromatic heterocycles. The van der Waals surface area contributed by atoms with Gasteiger partial charge < -0.3 is 25.2 Å². The number of hydrogen-bond donors (Lipinski definition) is 3. The molecule has 7 heteroatoms. The van der Waals surface area contributed by atoms with Crippen LogP contribution in [0.25, 0.3) is 0 Å². The van der Waals surface area contributed by atoms with Crippen molar-refractivity contribution in [2.75, 3.05) is 13.7 Å². The smallest absolute Gasteiger partial charge is 0.223 e. The molecule has 3 N–H and O–H groups in total. The summed E-state index contributed by atoms with van der Waals surface area (Å²) in [6, 6.07) is 7.36. The molecule has 2 fully saturated rings. The molecule has 0 radical (unpaired) electrons. The van der Waals surface area contributed by atoms with Crippen molar-refractivity contribution in [3.8, 4) is 5.75 Å². The molecular formula is C20H28N2O5. The maximum atomic E-state index is 12.2. The van der Waals surface area contributed by atoms with Crippen LogP contribution >= 0.6 is 0 Å². The fourth-order valence-electron chi connectivity index (χ4n) is 3.36. The highest BCUT2D eigenvalue weighted by Gasteiger charge is 2.36. The van der Waals surface area contributed by atoms with Crippen molar-refractivity contribution < 1.29 is 24.2 Å². The molecule has 148 valence electrons. The molecule has 1 aromatic rings. The van der Waals surface area contributed by atoms with Crippen molar-refractivity contribution in [3.05, 3.63) is 29.8 Å². The van der Waals surface area contributed by atoms with Crippen molar-refractivity contribution in [1.29, 1.82) is 0 Å². The summed E-state index contributed by atoms with van der Waals surface area (Å²) in [5.74, 6) is 0.836. The predicted molar refractivity (Wildman–Crippen MR) is 99.1 cm³/mol. The number of benzene rings is 1. The Kier molecular flexibility index (Phi) is 6.68. The summed E-state index contributed by atoms with van der Waals surface area (Å²) in [4.78, 5) is 24.2. The van der Waals surface area contributed by atoms with Gasteiger partial charge in [0.25, 0.3) is 0 Å². The van der Waals surface area contributed by atoms with E-state index >= 15 is 0 Å². The largest absolute Gasteiger partial charge is 0.497 e. The standard InChI is InChI=1S/C20H28N2O5/c1-26-15-4-2-3-13(9-15)11-21-19(24)10-16-7-8-17(18(12-23)27-16)22-20(25)14-5-6-14/h2-4,9,14,16-18,23H,5-8,10-12H2,1H3,(H,21,24)(H,22,25)/t16-,17+,18+/m1/s1. The zero-order valence-corrected chi connectivity index (χ0v) is 15.6. The zero-order valence-electron chi connectivity index (χ0n) is 15.6. The fraction of sp³-hybridized carbons (Fsp3) is 0.600. The third-order valence-electron chi connectivity index (χ3n) is 5.11. The highest BCUT2D eigenvalue weighted by molar-refractivity contribution is 5.81. The van der Waals surface area contributed by atoms with Crippen LogP contribution in [0.15, 0.2) is 24.3 Å². The van der Waals surface area contributed by atoms with E-state index in [0.717, 1.165) is 24.2 Å². The lowest BCUT2D eigenvalue weighted by atomic mass is 9.96. The van der Waals surface area contributed by atoms with Gasteiger partial charge >= 0.3 is 0 Å². The van der Waals surface area contributed by atoms with Gasteiger partial charge in [-0.2, -0.15) is 0 Å². The third-order valence-corrected chi connectivity index (χ3v) is 5.11. The second-order valence-corrected chi connectivity index (χ2v) is 7.28. The van der Waals surface area contributed by atoms with E-state index < -0.39 is 6.10 Å². The summed E-state index contributed by atoms with van der Waals surface area (Å²) >= 11 is 0. The number of carbonyl (C=O) groups is 2. The van der Waals surface area contributed by atoms with Gasteiger partial charge in [-0.1, -0.05) is 12.1 Å². The number of aliphatic hydroxyl groups excluding tert-OH is 1. The Balaban J connectivity index is 1.43. The van der Waals surface area contributed by atoms with E-state index in [-0.39, 0.29) is 42.9 Å². The Morgan fingerprint density at radius 2 is 2.07 bits per heavy atom. The summed E-state index contributed by atoms with van der Waals surface area (Å²) in [7, 11) is 1.61. The van der Waals surface area contributed by atoms with Crippen molar-refractivity contribution in [2.24, 2.45) is 5.92 Å². The molecule has 1 aliphatic heterocycles. The van der Waals surface area contributed by atoms with Crippen LogP contribution in [-0.2, 0) is 20.9 Å². The summed E-state index contributed by atoms with van der Waals surface area (Å²) in [5.41, 5.74) is 0.961. The SMILES string of the molecule is COc1cccc(CNC(=O)C[C@H]2CC[C@H](NC(=O)C3CC3)[C@H](CO)O2)c1. The Hall–Kier alpha value is -2.12. The predicted octanol–water partition coefficient (Wildman–Crippen LogP) is 1.14. The van der Waals surface area contributed by atoms with Gasteiger partial charge in [0, 0.05) is 12.5 Å². The Morgan fingerprint density at radius 1 is 1.26 bits per heavy atom. The minimum atomic E-state index is -0.461. The van der Waals surface area contributed by atoms with Gasteiger partial charge in [0.15, 0.2) is 0 Å². The zero-order chi connectivity index (χ0) is 19.2. The summed E-state index contributed by atoms with van der Waals surface area (Å²) < 4.78 is 11.0. The van der Waals surface area contributed by atoms with Gasteiger partial charge in [0.1, 0.15) is 11.9 Å². The average Bonchev–Trinajstić information content (AvgIpc) is 3.53. The van der Waals surface area contributed by atoms with Crippen LogP contribution in [0, 0.1) is 5.92 Å². The van der Waals surface area contributed by atoms with Gasteiger partial charge in [-0.05, 0) is 43.4 Å². The molecule has 2 aliphatic rings. The van der Waals surface area contributed by atoms with E-state index in [1.165, 1.54) is 0 Å². The Morgan fingerprint density at radius 3 is 2.78 bits per heavy atom. The molecule has 1 aliphatic carbocycles.